The Labute approximate surface area is 111 Å². The van der Waals surface area contributed by atoms with E-state index in [1.54, 1.807) is 0 Å². The second-order valence-electron chi connectivity index (χ2n) is 4.39. The standard InChI is InChI=1S/C14H16N2O3/c17-9-11-3-1-10(2-4-11)7-16-13-8-15-6-5-12(13)14(18)19/h1,3,5-6,8,16-17H,2,4,7,9H2,(H,18,19). The molecule has 0 spiro atoms. The lowest BCUT2D eigenvalue weighted by Crippen LogP contribution is -2.11. The van der Waals surface area contributed by atoms with Gasteiger partial charge in [-0.3, -0.25) is 4.98 Å². The van der Waals surface area contributed by atoms with E-state index in [9.17, 15) is 4.79 Å². The topological polar surface area (TPSA) is 82.5 Å². The van der Waals surface area contributed by atoms with Gasteiger partial charge in [0.2, 0.25) is 0 Å². The van der Waals surface area contributed by atoms with Crippen LogP contribution in [0.25, 0.3) is 0 Å². The molecule has 0 bridgehead atoms. The van der Waals surface area contributed by atoms with Crippen molar-refractivity contribution >= 4 is 11.7 Å². The first-order valence-electron chi connectivity index (χ1n) is 6.10. The van der Waals surface area contributed by atoms with Crippen molar-refractivity contribution in [3.63, 3.8) is 0 Å². The molecule has 2 rings (SSSR count). The van der Waals surface area contributed by atoms with Gasteiger partial charge in [-0.25, -0.2) is 4.79 Å². The molecule has 0 amide bonds. The Morgan fingerprint density at radius 1 is 1.32 bits per heavy atom. The number of carboxylic acids is 1. The first-order chi connectivity index (χ1) is 9.20. The zero-order chi connectivity index (χ0) is 13.7. The third-order valence-corrected chi connectivity index (χ3v) is 3.08. The van der Waals surface area contributed by atoms with Crippen molar-refractivity contribution < 1.29 is 15.0 Å². The van der Waals surface area contributed by atoms with Crippen LogP contribution in [0.15, 0.2) is 41.8 Å². The lowest BCUT2D eigenvalue weighted by atomic mass is 9.99. The van der Waals surface area contributed by atoms with E-state index in [0.29, 0.717) is 12.2 Å². The first kappa shape index (κ1) is 13.3. The third kappa shape index (κ3) is 3.42. The Bertz CT molecular complexity index is 535. The van der Waals surface area contributed by atoms with Gasteiger partial charge in [0, 0.05) is 12.7 Å². The van der Waals surface area contributed by atoms with Crippen molar-refractivity contribution in [3.8, 4) is 0 Å². The molecule has 1 aliphatic carbocycles. The summed E-state index contributed by atoms with van der Waals surface area (Å²) in [6.45, 7) is 0.685. The van der Waals surface area contributed by atoms with Gasteiger partial charge in [-0.1, -0.05) is 17.7 Å². The van der Waals surface area contributed by atoms with Crippen molar-refractivity contribution in [2.24, 2.45) is 0 Å². The van der Waals surface area contributed by atoms with Gasteiger partial charge in [0.25, 0.3) is 0 Å². The summed E-state index contributed by atoms with van der Waals surface area (Å²) in [7, 11) is 0. The van der Waals surface area contributed by atoms with Gasteiger partial charge < -0.3 is 15.5 Å². The molecule has 1 aromatic heterocycles. The fourth-order valence-corrected chi connectivity index (χ4v) is 1.93. The smallest absolute Gasteiger partial charge is 0.337 e. The Balaban J connectivity index is 2.02. The number of carboxylic acid groups (broad SMARTS) is 1. The summed E-state index contributed by atoms with van der Waals surface area (Å²) < 4.78 is 0. The Kier molecular flexibility index (Phi) is 4.30. The summed E-state index contributed by atoms with van der Waals surface area (Å²) in [5.74, 6) is -0.968. The van der Waals surface area contributed by atoms with Crippen LogP contribution in [0.4, 0.5) is 5.69 Å². The van der Waals surface area contributed by atoms with Crippen molar-refractivity contribution in [2.75, 3.05) is 18.5 Å². The maximum absolute atomic E-state index is 11.0. The number of rotatable bonds is 5. The van der Waals surface area contributed by atoms with Crippen LogP contribution in [-0.2, 0) is 0 Å². The molecule has 1 heterocycles. The Morgan fingerprint density at radius 3 is 2.68 bits per heavy atom. The van der Waals surface area contributed by atoms with Gasteiger partial charge in [0.15, 0.2) is 0 Å². The van der Waals surface area contributed by atoms with Gasteiger partial charge in [-0.15, -0.1) is 0 Å². The van der Waals surface area contributed by atoms with E-state index in [0.717, 1.165) is 18.4 Å². The molecule has 0 fully saturated rings. The molecule has 0 radical (unpaired) electrons. The van der Waals surface area contributed by atoms with Gasteiger partial charge in [-0.2, -0.15) is 0 Å². The molecule has 0 aliphatic heterocycles. The lowest BCUT2D eigenvalue weighted by Gasteiger charge is -2.15. The number of allylic oxidation sites excluding steroid dienone is 2. The predicted molar refractivity (Wildman–Crippen MR) is 72.2 cm³/mol. The molecule has 1 aliphatic rings. The maximum atomic E-state index is 11.0. The molecule has 19 heavy (non-hydrogen) atoms. The summed E-state index contributed by atoms with van der Waals surface area (Å²) >= 11 is 0. The van der Waals surface area contributed by atoms with Crippen LogP contribution in [0.2, 0.25) is 0 Å². The molecule has 0 aromatic carbocycles. The summed E-state index contributed by atoms with van der Waals surface area (Å²) in [6, 6.07) is 1.48. The highest BCUT2D eigenvalue weighted by Crippen LogP contribution is 2.19. The number of hydrogen-bond acceptors (Lipinski definition) is 4. The molecule has 0 atom stereocenters. The number of nitrogens with one attached hydrogen (secondary N) is 1. The fraction of sp³-hybridized carbons (Fsp3) is 0.286. The summed E-state index contributed by atoms with van der Waals surface area (Å²) in [5, 5.41) is 21.1. The van der Waals surface area contributed by atoms with Crippen LogP contribution in [0.1, 0.15) is 23.2 Å². The van der Waals surface area contributed by atoms with Crippen LogP contribution in [-0.4, -0.2) is 34.3 Å². The predicted octanol–water partition coefficient (Wildman–Crippen LogP) is 1.83. The van der Waals surface area contributed by atoms with Crippen molar-refractivity contribution in [1.29, 1.82) is 0 Å². The van der Waals surface area contributed by atoms with E-state index in [4.69, 9.17) is 10.2 Å². The molecule has 3 N–H and O–H groups in total. The molecule has 100 valence electrons. The van der Waals surface area contributed by atoms with Crippen LogP contribution in [0.5, 0.6) is 0 Å². The van der Waals surface area contributed by atoms with Crippen LogP contribution in [0.3, 0.4) is 0 Å². The fourth-order valence-electron chi connectivity index (χ4n) is 1.93. The number of aliphatic hydroxyl groups excluding tert-OH is 1. The second kappa shape index (κ2) is 6.15. The number of pyridine rings is 1. The monoisotopic (exact) mass is 260 g/mol. The van der Waals surface area contributed by atoms with Crippen LogP contribution in [0, 0.1) is 0 Å². The minimum atomic E-state index is -0.968. The molecular formula is C14H16N2O3. The largest absolute Gasteiger partial charge is 0.478 e. The molecule has 5 heteroatoms. The molecule has 1 aromatic rings. The first-order valence-corrected chi connectivity index (χ1v) is 6.10. The summed E-state index contributed by atoms with van der Waals surface area (Å²) in [6.07, 6.45) is 8.60. The highest BCUT2D eigenvalue weighted by molar-refractivity contribution is 5.93. The normalized spacial score (nSPS) is 14.6. The molecular weight excluding hydrogens is 244 g/mol. The molecule has 0 saturated carbocycles. The molecule has 0 saturated heterocycles. The number of aliphatic hydroxyl groups is 1. The minimum absolute atomic E-state index is 0.100. The number of nitrogens with zero attached hydrogens (tertiary/aromatic N) is 1. The molecule has 5 nitrogen and oxygen atoms in total. The van der Waals surface area contributed by atoms with Gasteiger partial charge >= 0.3 is 5.97 Å². The van der Waals surface area contributed by atoms with Gasteiger partial charge in [0.05, 0.1) is 24.1 Å². The lowest BCUT2D eigenvalue weighted by molar-refractivity contribution is 0.0698. The highest BCUT2D eigenvalue weighted by Gasteiger charge is 2.10. The average molecular weight is 260 g/mol. The second-order valence-corrected chi connectivity index (χ2v) is 4.39. The zero-order valence-corrected chi connectivity index (χ0v) is 10.5. The summed E-state index contributed by atoms with van der Waals surface area (Å²) in [5.41, 5.74) is 2.94. The van der Waals surface area contributed by atoms with Crippen LogP contribution < -0.4 is 5.32 Å². The van der Waals surface area contributed by atoms with Gasteiger partial charge in [-0.05, 0) is 24.5 Å². The maximum Gasteiger partial charge on any atom is 0.337 e. The van der Waals surface area contributed by atoms with Gasteiger partial charge in [0.1, 0.15) is 0 Å². The Morgan fingerprint density at radius 2 is 2.05 bits per heavy atom. The van der Waals surface area contributed by atoms with E-state index in [-0.39, 0.29) is 12.2 Å². The van der Waals surface area contributed by atoms with E-state index in [2.05, 4.69) is 10.3 Å². The molecule has 0 unspecified atom stereocenters. The van der Waals surface area contributed by atoms with E-state index in [1.807, 2.05) is 12.2 Å². The number of aromatic nitrogens is 1. The van der Waals surface area contributed by atoms with Crippen molar-refractivity contribution in [2.45, 2.75) is 12.8 Å². The average Bonchev–Trinajstić information content (AvgIpc) is 2.46. The summed E-state index contributed by atoms with van der Waals surface area (Å²) in [4.78, 5) is 15.0. The van der Waals surface area contributed by atoms with E-state index < -0.39 is 5.97 Å². The Hall–Kier alpha value is -2.14. The van der Waals surface area contributed by atoms with Crippen molar-refractivity contribution in [1.82, 2.24) is 4.98 Å². The third-order valence-electron chi connectivity index (χ3n) is 3.08. The number of aromatic carboxylic acids is 1. The van der Waals surface area contributed by atoms with Crippen LogP contribution >= 0.6 is 0 Å². The van der Waals surface area contributed by atoms with Crippen molar-refractivity contribution in [3.05, 3.63) is 47.3 Å². The number of anilines is 1. The zero-order valence-electron chi connectivity index (χ0n) is 10.5. The van der Waals surface area contributed by atoms with E-state index in [1.165, 1.54) is 24.0 Å². The highest BCUT2D eigenvalue weighted by atomic mass is 16.4. The quantitative estimate of drug-likeness (QED) is 0.752. The minimum Gasteiger partial charge on any atom is -0.478 e. The number of hydrogen-bond donors (Lipinski definition) is 3. The SMILES string of the molecule is O=C(O)c1ccncc1NCC1=CC=C(CO)CC1. The number of carbonyl (C=O) groups is 1. The van der Waals surface area contributed by atoms with E-state index >= 15 is 0 Å².